The van der Waals surface area contributed by atoms with Gasteiger partial charge in [0.25, 0.3) is 0 Å². The molecule has 5 fully saturated rings. The van der Waals surface area contributed by atoms with Crippen molar-refractivity contribution in [3.63, 3.8) is 0 Å². The molecule has 1 aromatic heterocycles. The molecule has 1 aliphatic carbocycles. The van der Waals surface area contributed by atoms with Crippen LogP contribution in [0.1, 0.15) is 44.9 Å². The Bertz CT molecular complexity index is 1870. The molecule has 7 nitrogen and oxygen atoms in total. The maximum absolute atomic E-state index is 16.7. The number of hydrogen-bond donors (Lipinski definition) is 2. The van der Waals surface area contributed by atoms with Crippen molar-refractivity contribution in [3.8, 4) is 22.9 Å². The first kappa shape index (κ1) is 28.5. The van der Waals surface area contributed by atoms with Crippen LogP contribution in [0, 0.1) is 22.9 Å². The molecule has 4 aliphatic heterocycles. The topological polar surface area (TPSA) is 73.8 Å². The Morgan fingerprint density at radius 1 is 0.935 bits per heavy atom. The Morgan fingerprint density at radius 2 is 1.74 bits per heavy atom. The molecular formula is C35H35F4N5O2. The largest absolute Gasteiger partial charge is 0.508 e. The van der Waals surface area contributed by atoms with Gasteiger partial charge in [-0.2, -0.15) is 9.97 Å². The quantitative estimate of drug-likeness (QED) is 0.233. The van der Waals surface area contributed by atoms with Crippen molar-refractivity contribution in [2.45, 2.75) is 75.3 Å². The number of alkyl halides is 1. The number of aromatic hydroxyl groups is 1. The van der Waals surface area contributed by atoms with E-state index in [4.69, 9.17) is 9.72 Å². The lowest BCUT2D eigenvalue weighted by Gasteiger charge is -2.34. The number of rotatable bonds is 7. The van der Waals surface area contributed by atoms with Crippen molar-refractivity contribution in [2.75, 3.05) is 31.1 Å². The Labute approximate surface area is 263 Å². The van der Waals surface area contributed by atoms with Crippen LogP contribution in [0.4, 0.5) is 23.4 Å². The zero-order chi connectivity index (χ0) is 31.3. The van der Waals surface area contributed by atoms with E-state index in [9.17, 15) is 13.9 Å². The lowest BCUT2D eigenvalue weighted by atomic mass is 9.95. The highest BCUT2D eigenvalue weighted by Gasteiger charge is 2.53. The zero-order valence-corrected chi connectivity index (χ0v) is 25.3. The maximum Gasteiger partial charge on any atom is 0.319 e. The molecule has 1 saturated carbocycles. The minimum absolute atomic E-state index is 0.00610. The number of anilines is 1. The number of aromatic nitrogens is 2. The number of piperazine rings is 1. The van der Waals surface area contributed by atoms with Crippen molar-refractivity contribution in [3.05, 3.63) is 53.8 Å². The van der Waals surface area contributed by atoms with Crippen molar-refractivity contribution in [1.29, 1.82) is 0 Å². The van der Waals surface area contributed by atoms with Gasteiger partial charge in [-0.3, -0.25) is 4.90 Å². The Hall–Kier alpha value is -3.70. The predicted molar refractivity (Wildman–Crippen MR) is 166 cm³/mol. The summed E-state index contributed by atoms with van der Waals surface area (Å²) in [5.74, 6) is -2.53. The number of nitrogens with one attached hydrogen (secondary N) is 1. The molecule has 4 bridgehead atoms. The molecule has 240 valence electrons. The van der Waals surface area contributed by atoms with Gasteiger partial charge in [0.05, 0.1) is 6.61 Å². The van der Waals surface area contributed by atoms with Crippen LogP contribution >= 0.6 is 0 Å². The number of nitrogens with zero attached hydrogens (tertiary/aromatic N) is 4. The highest BCUT2D eigenvalue weighted by molar-refractivity contribution is 6.01. The summed E-state index contributed by atoms with van der Waals surface area (Å²) >= 11 is 0. The van der Waals surface area contributed by atoms with Crippen LogP contribution in [0.2, 0.25) is 0 Å². The van der Waals surface area contributed by atoms with E-state index in [1.165, 1.54) is 24.3 Å². The van der Waals surface area contributed by atoms with E-state index in [1.54, 1.807) is 6.07 Å². The van der Waals surface area contributed by atoms with Crippen molar-refractivity contribution >= 4 is 27.5 Å². The van der Waals surface area contributed by atoms with E-state index >= 15 is 8.78 Å². The number of benzene rings is 3. The third kappa shape index (κ3) is 4.60. The molecule has 0 amide bonds. The Balaban J connectivity index is 1.11. The van der Waals surface area contributed by atoms with Crippen LogP contribution in [-0.2, 0) is 0 Å². The van der Waals surface area contributed by atoms with Gasteiger partial charge in [-0.1, -0.05) is 12.1 Å². The summed E-state index contributed by atoms with van der Waals surface area (Å²) in [6, 6.07) is 9.09. The minimum Gasteiger partial charge on any atom is -0.508 e. The molecular weight excluding hydrogens is 598 g/mol. The SMILES string of the molecule is Oc1cc(-c2ccc3c(N4CC5CCC(C4)N5)nc(OCC4(CN5C6CCC5C(F)C6)CC4)nc3c2F)c2c(F)c(F)ccc2c1. The molecule has 46 heavy (non-hydrogen) atoms. The first-order valence-electron chi connectivity index (χ1n) is 16.4. The second-order valence-electron chi connectivity index (χ2n) is 14.2. The molecule has 5 unspecified atom stereocenters. The van der Waals surface area contributed by atoms with Gasteiger partial charge < -0.3 is 20.1 Å². The van der Waals surface area contributed by atoms with Gasteiger partial charge in [-0.15, -0.1) is 0 Å². The number of phenolic OH excluding ortho intramolecular Hbond substituents is 1. The lowest BCUT2D eigenvalue weighted by molar-refractivity contribution is 0.133. The van der Waals surface area contributed by atoms with Crippen LogP contribution in [0.25, 0.3) is 32.8 Å². The molecule has 4 aromatic rings. The van der Waals surface area contributed by atoms with Crippen molar-refractivity contribution < 1.29 is 27.4 Å². The van der Waals surface area contributed by atoms with Gasteiger partial charge >= 0.3 is 6.01 Å². The van der Waals surface area contributed by atoms with Gasteiger partial charge in [-0.25, -0.2) is 17.6 Å². The van der Waals surface area contributed by atoms with Crippen LogP contribution < -0.4 is 15.0 Å². The fourth-order valence-electron chi connectivity index (χ4n) is 8.60. The summed E-state index contributed by atoms with van der Waals surface area (Å²) in [7, 11) is 0. The molecule has 0 spiro atoms. The van der Waals surface area contributed by atoms with Gasteiger partial charge in [-0.05, 0) is 80.2 Å². The van der Waals surface area contributed by atoms with Crippen LogP contribution in [-0.4, -0.2) is 76.6 Å². The summed E-state index contributed by atoms with van der Waals surface area (Å²) in [5.41, 5.74) is -0.0881. The number of ether oxygens (including phenoxy) is 1. The van der Waals surface area contributed by atoms with Crippen LogP contribution in [0.5, 0.6) is 11.8 Å². The molecule has 0 radical (unpaired) electrons. The lowest BCUT2D eigenvalue weighted by Crippen LogP contribution is -2.51. The predicted octanol–water partition coefficient (Wildman–Crippen LogP) is 6.25. The van der Waals surface area contributed by atoms with E-state index in [-0.39, 0.29) is 50.6 Å². The fraction of sp³-hybridized carbons (Fsp3) is 0.486. The van der Waals surface area contributed by atoms with E-state index in [1.807, 2.05) is 0 Å². The average Bonchev–Trinajstić information content (AvgIpc) is 3.46. The van der Waals surface area contributed by atoms with Gasteiger partial charge in [0, 0.05) is 65.6 Å². The van der Waals surface area contributed by atoms with Crippen LogP contribution in [0.3, 0.4) is 0 Å². The monoisotopic (exact) mass is 633 g/mol. The highest BCUT2D eigenvalue weighted by atomic mass is 19.2. The van der Waals surface area contributed by atoms with E-state index in [2.05, 4.69) is 20.1 Å². The average molecular weight is 634 g/mol. The summed E-state index contributed by atoms with van der Waals surface area (Å²) in [4.78, 5) is 13.9. The number of hydrogen-bond acceptors (Lipinski definition) is 7. The van der Waals surface area contributed by atoms with Crippen molar-refractivity contribution in [2.24, 2.45) is 5.41 Å². The third-order valence-electron chi connectivity index (χ3n) is 11.2. The zero-order valence-electron chi connectivity index (χ0n) is 25.3. The molecule has 11 heteroatoms. The number of fused-ring (bicyclic) bond motifs is 6. The molecule has 5 aliphatic rings. The molecule has 5 atom stereocenters. The van der Waals surface area contributed by atoms with Crippen molar-refractivity contribution in [1.82, 2.24) is 20.2 Å². The maximum atomic E-state index is 16.7. The normalized spacial score (nSPS) is 28.1. The first-order valence-corrected chi connectivity index (χ1v) is 16.4. The molecule has 9 rings (SSSR count). The second kappa shape index (κ2) is 10.4. The Kier molecular flexibility index (Phi) is 6.45. The van der Waals surface area contributed by atoms with Crippen LogP contribution in [0.15, 0.2) is 36.4 Å². The Morgan fingerprint density at radius 3 is 2.46 bits per heavy atom. The number of phenols is 1. The van der Waals surface area contributed by atoms with E-state index < -0.39 is 23.6 Å². The molecule has 4 saturated heterocycles. The summed E-state index contributed by atoms with van der Waals surface area (Å²) in [6.07, 6.45) is 5.83. The minimum atomic E-state index is -1.11. The third-order valence-corrected chi connectivity index (χ3v) is 11.2. The fourth-order valence-corrected chi connectivity index (χ4v) is 8.60. The van der Waals surface area contributed by atoms with E-state index in [0.29, 0.717) is 55.4 Å². The standard InChI is InChI=1S/C35H35F4N5O2/c36-26-7-1-18-11-22(45)13-25(29(18)31(26)39)23-5-6-24-32(30(23)38)41-34(42-33(24)43-14-19-2-3-20(15-43)40-19)46-17-35(9-10-35)16-44-21-4-8-28(44)27(37)12-21/h1,5-7,11,13,19-21,27-28,40,45H,2-4,8-10,12,14-17H2. The summed E-state index contributed by atoms with van der Waals surface area (Å²) < 4.78 is 67.0. The summed E-state index contributed by atoms with van der Waals surface area (Å²) in [6.45, 7) is 2.54. The highest BCUT2D eigenvalue weighted by Crippen LogP contribution is 2.51. The van der Waals surface area contributed by atoms with Gasteiger partial charge in [0.1, 0.15) is 23.3 Å². The molecule has 5 heterocycles. The molecule has 2 N–H and O–H groups in total. The van der Waals surface area contributed by atoms with E-state index in [0.717, 1.165) is 51.1 Å². The molecule has 3 aromatic carbocycles. The second-order valence-corrected chi connectivity index (χ2v) is 14.2. The number of halogens is 4. The smallest absolute Gasteiger partial charge is 0.319 e. The first-order chi connectivity index (χ1) is 22.2. The van der Waals surface area contributed by atoms with Gasteiger partial charge in [0.2, 0.25) is 0 Å². The van der Waals surface area contributed by atoms with Gasteiger partial charge in [0.15, 0.2) is 17.5 Å². The summed E-state index contributed by atoms with van der Waals surface area (Å²) in [5, 5.41) is 14.7.